The van der Waals surface area contributed by atoms with Crippen molar-refractivity contribution in [3.8, 4) is 5.75 Å². The summed E-state index contributed by atoms with van der Waals surface area (Å²) in [6.07, 6.45) is 1.17. The van der Waals surface area contributed by atoms with Gasteiger partial charge in [0.1, 0.15) is 17.9 Å². The van der Waals surface area contributed by atoms with Gasteiger partial charge in [-0.1, -0.05) is 54.6 Å². The Balaban J connectivity index is 0.000000225. The SMILES string of the molecule is CC(=O)Oc1ccccc1C(=O)O.CS(=O)(=O)c1ccc(C2=C(c3ccccc3)C(=O)OC2)cc1. The molecule has 0 saturated heterocycles. The number of ether oxygens (including phenoxy) is 2. The zero-order chi connectivity index (χ0) is 25.6. The Labute approximate surface area is 202 Å². The fraction of sp³-hybridized carbons (Fsp3) is 0.115. The number of benzene rings is 3. The molecule has 9 heteroatoms. The summed E-state index contributed by atoms with van der Waals surface area (Å²) >= 11 is 0. The molecule has 0 radical (unpaired) electrons. The summed E-state index contributed by atoms with van der Waals surface area (Å²) in [6.45, 7) is 1.42. The summed E-state index contributed by atoms with van der Waals surface area (Å²) in [7, 11) is -3.23. The number of esters is 2. The molecule has 1 N–H and O–H groups in total. The third-order valence-corrected chi connectivity index (χ3v) is 6.05. The van der Waals surface area contributed by atoms with E-state index in [1.165, 1.54) is 25.3 Å². The molecule has 8 nitrogen and oxygen atoms in total. The van der Waals surface area contributed by atoms with Gasteiger partial charge in [0.2, 0.25) is 0 Å². The molecule has 0 aromatic heterocycles. The van der Waals surface area contributed by atoms with E-state index in [0.717, 1.165) is 16.7 Å². The van der Waals surface area contributed by atoms with E-state index in [1.54, 1.807) is 36.4 Å². The molecular formula is C26H22O8S. The van der Waals surface area contributed by atoms with Crippen molar-refractivity contribution in [2.45, 2.75) is 11.8 Å². The molecule has 0 atom stereocenters. The number of carboxylic acids is 1. The fourth-order valence-electron chi connectivity index (χ4n) is 3.32. The van der Waals surface area contributed by atoms with Crippen molar-refractivity contribution < 1.29 is 37.4 Å². The highest BCUT2D eigenvalue weighted by atomic mass is 32.2. The lowest BCUT2D eigenvalue weighted by Gasteiger charge is -2.05. The quantitative estimate of drug-likeness (QED) is 0.419. The highest BCUT2D eigenvalue weighted by Gasteiger charge is 2.27. The van der Waals surface area contributed by atoms with E-state index in [1.807, 2.05) is 30.3 Å². The topological polar surface area (TPSA) is 124 Å². The van der Waals surface area contributed by atoms with Crippen LogP contribution in [0.1, 0.15) is 28.4 Å². The highest BCUT2D eigenvalue weighted by molar-refractivity contribution is 7.90. The molecule has 3 aromatic carbocycles. The number of hydrogen-bond acceptors (Lipinski definition) is 7. The monoisotopic (exact) mass is 494 g/mol. The van der Waals surface area contributed by atoms with Crippen molar-refractivity contribution in [1.82, 2.24) is 0 Å². The number of carbonyl (C=O) groups excluding carboxylic acids is 2. The van der Waals surface area contributed by atoms with Gasteiger partial charge in [-0.05, 0) is 35.4 Å². The molecule has 1 aliphatic heterocycles. The second-order valence-corrected chi connectivity index (χ2v) is 9.50. The van der Waals surface area contributed by atoms with Gasteiger partial charge in [0.25, 0.3) is 0 Å². The van der Waals surface area contributed by atoms with Crippen molar-refractivity contribution in [2.75, 3.05) is 12.9 Å². The van der Waals surface area contributed by atoms with Gasteiger partial charge in [-0.2, -0.15) is 0 Å². The van der Waals surface area contributed by atoms with Gasteiger partial charge < -0.3 is 14.6 Å². The number of cyclic esters (lactones) is 1. The number of para-hydroxylation sites is 1. The minimum Gasteiger partial charge on any atom is -0.478 e. The Morgan fingerprint density at radius 2 is 1.49 bits per heavy atom. The van der Waals surface area contributed by atoms with Gasteiger partial charge >= 0.3 is 17.9 Å². The zero-order valence-corrected chi connectivity index (χ0v) is 19.7. The minimum absolute atomic E-state index is 0.0160. The Kier molecular flexibility index (Phi) is 7.83. The van der Waals surface area contributed by atoms with Gasteiger partial charge in [-0.25, -0.2) is 18.0 Å². The third-order valence-electron chi connectivity index (χ3n) is 4.92. The first-order valence-corrected chi connectivity index (χ1v) is 12.2. The number of hydrogen-bond donors (Lipinski definition) is 1. The summed E-state index contributed by atoms with van der Waals surface area (Å²) in [4.78, 5) is 33.4. The first-order chi connectivity index (χ1) is 16.6. The molecule has 1 aliphatic rings. The summed E-state index contributed by atoms with van der Waals surface area (Å²) in [5, 5.41) is 8.69. The van der Waals surface area contributed by atoms with Gasteiger partial charge in [0, 0.05) is 18.8 Å². The van der Waals surface area contributed by atoms with Crippen molar-refractivity contribution in [2.24, 2.45) is 0 Å². The maximum atomic E-state index is 12.0. The largest absolute Gasteiger partial charge is 0.478 e. The number of sulfone groups is 1. The van der Waals surface area contributed by atoms with Crippen molar-refractivity contribution in [3.05, 3.63) is 95.6 Å². The van der Waals surface area contributed by atoms with Crippen LogP contribution in [0, 0.1) is 0 Å². The Bertz CT molecular complexity index is 1390. The van der Waals surface area contributed by atoms with Crippen molar-refractivity contribution >= 4 is 38.9 Å². The molecule has 0 amide bonds. The van der Waals surface area contributed by atoms with E-state index in [2.05, 4.69) is 4.74 Å². The molecule has 0 aliphatic carbocycles. The van der Waals surface area contributed by atoms with Crippen LogP contribution < -0.4 is 4.74 Å². The average molecular weight is 495 g/mol. The fourth-order valence-corrected chi connectivity index (χ4v) is 3.95. The maximum absolute atomic E-state index is 12.0. The predicted octanol–water partition coefficient (Wildman–Crippen LogP) is 3.87. The van der Waals surface area contributed by atoms with Crippen molar-refractivity contribution in [3.63, 3.8) is 0 Å². The Hall–Kier alpha value is -4.24. The molecule has 4 rings (SSSR count). The smallest absolute Gasteiger partial charge is 0.339 e. The van der Waals surface area contributed by atoms with Gasteiger partial charge in [0.15, 0.2) is 9.84 Å². The van der Waals surface area contributed by atoms with Crippen molar-refractivity contribution in [1.29, 1.82) is 0 Å². The highest BCUT2D eigenvalue weighted by Crippen LogP contribution is 2.33. The number of carboxylic acid groups (broad SMARTS) is 1. The molecule has 0 spiro atoms. The van der Waals surface area contributed by atoms with E-state index in [-0.39, 0.29) is 28.8 Å². The molecular weight excluding hydrogens is 472 g/mol. The van der Waals surface area contributed by atoms with Crippen LogP contribution in [-0.2, 0) is 24.2 Å². The van der Waals surface area contributed by atoms with E-state index < -0.39 is 21.8 Å². The first-order valence-electron chi connectivity index (χ1n) is 10.3. The van der Waals surface area contributed by atoms with Crippen LogP contribution in [-0.4, -0.2) is 44.3 Å². The summed E-state index contributed by atoms with van der Waals surface area (Å²) in [6, 6.07) is 21.8. The second kappa shape index (κ2) is 10.8. The number of rotatable bonds is 5. The Morgan fingerprint density at radius 3 is 2.06 bits per heavy atom. The van der Waals surface area contributed by atoms with E-state index in [0.29, 0.717) is 5.57 Å². The second-order valence-electron chi connectivity index (χ2n) is 7.49. The Morgan fingerprint density at radius 1 is 0.886 bits per heavy atom. The molecule has 0 saturated carbocycles. The molecule has 0 bridgehead atoms. The average Bonchev–Trinajstić information content (AvgIpc) is 3.21. The summed E-state index contributed by atoms with van der Waals surface area (Å²) in [5.41, 5.74) is 2.88. The predicted molar refractivity (Wildman–Crippen MR) is 128 cm³/mol. The van der Waals surface area contributed by atoms with Crippen LogP contribution in [0.25, 0.3) is 11.1 Å². The summed E-state index contributed by atoms with van der Waals surface area (Å²) < 4.78 is 32.9. The van der Waals surface area contributed by atoms with E-state index in [4.69, 9.17) is 9.84 Å². The van der Waals surface area contributed by atoms with Crippen LogP contribution >= 0.6 is 0 Å². The molecule has 0 fully saturated rings. The number of carbonyl (C=O) groups is 3. The van der Waals surface area contributed by atoms with Crippen LogP contribution in [0.4, 0.5) is 0 Å². The van der Waals surface area contributed by atoms with Gasteiger partial charge in [-0.15, -0.1) is 0 Å². The van der Waals surface area contributed by atoms with E-state index in [9.17, 15) is 22.8 Å². The maximum Gasteiger partial charge on any atom is 0.339 e. The lowest BCUT2D eigenvalue weighted by atomic mass is 9.97. The molecule has 1 heterocycles. The molecule has 0 unspecified atom stereocenters. The first kappa shape index (κ1) is 25.4. The van der Waals surface area contributed by atoms with E-state index >= 15 is 0 Å². The van der Waals surface area contributed by atoms with Crippen LogP contribution in [0.5, 0.6) is 5.75 Å². The normalized spacial score (nSPS) is 12.9. The lowest BCUT2D eigenvalue weighted by Crippen LogP contribution is -2.06. The molecule has 35 heavy (non-hydrogen) atoms. The third kappa shape index (κ3) is 6.42. The van der Waals surface area contributed by atoms with Crippen LogP contribution in [0.2, 0.25) is 0 Å². The van der Waals surface area contributed by atoms with Gasteiger partial charge in [-0.3, -0.25) is 4.79 Å². The standard InChI is InChI=1S/C17H14O4S.C9H8O4/c1-22(19,20)14-9-7-12(8-10-14)15-11-21-17(18)16(15)13-5-3-2-4-6-13;1-6(10)13-8-5-3-2-4-7(8)9(11)12/h2-10H,11H2,1H3;2-5H,1H3,(H,11,12). The van der Waals surface area contributed by atoms with Crippen LogP contribution in [0.15, 0.2) is 83.8 Å². The van der Waals surface area contributed by atoms with Crippen LogP contribution in [0.3, 0.4) is 0 Å². The van der Waals surface area contributed by atoms with Gasteiger partial charge in [0.05, 0.1) is 10.5 Å². The lowest BCUT2D eigenvalue weighted by molar-refractivity contribution is -0.134. The summed E-state index contributed by atoms with van der Waals surface area (Å²) in [5.74, 6) is -1.93. The zero-order valence-electron chi connectivity index (χ0n) is 18.9. The number of aromatic carboxylic acids is 1. The minimum atomic E-state index is -3.23. The molecule has 180 valence electrons. The molecule has 3 aromatic rings.